The molecule has 1 atom stereocenters. The smallest absolute Gasteiger partial charge is 0.243 e. The number of rotatable bonds is 11. The number of halogens is 1. The lowest BCUT2D eigenvalue weighted by Gasteiger charge is -2.32. The summed E-state index contributed by atoms with van der Waals surface area (Å²) in [5.41, 5.74) is 4.08. The molecule has 3 rings (SSSR count). The van der Waals surface area contributed by atoms with Crippen LogP contribution in [0.1, 0.15) is 42.0 Å². The summed E-state index contributed by atoms with van der Waals surface area (Å²) >= 11 is 3.48. The third-order valence-electron chi connectivity index (χ3n) is 5.97. The molecule has 1 N–H and O–H groups in total. The summed E-state index contributed by atoms with van der Waals surface area (Å²) in [6.45, 7) is 5.09. The van der Waals surface area contributed by atoms with E-state index in [0.717, 1.165) is 39.6 Å². The van der Waals surface area contributed by atoms with Gasteiger partial charge in [-0.25, -0.2) is 0 Å². The van der Waals surface area contributed by atoms with E-state index in [0.29, 0.717) is 19.5 Å². The molecule has 34 heavy (non-hydrogen) atoms. The van der Waals surface area contributed by atoms with E-state index in [9.17, 15) is 9.59 Å². The predicted molar refractivity (Wildman–Crippen MR) is 141 cm³/mol. The first-order chi connectivity index (χ1) is 16.5. The standard InChI is InChI=1S/C29H33BrN2O2/c1-3-4-18-31-29(34)27(19-23-11-6-5-7-12-23)32(21-24-14-16-26(30)17-15-24)28(33)20-25-13-9-8-10-22(25)2/h5-17,27H,3-4,18-21H2,1-2H3,(H,31,34)/t27-/m1/s1. The number of hydrogen-bond donors (Lipinski definition) is 1. The van der Waals surface area contributed by atoms with Gasteiger partial charge >= 0.3 is 0 Å². The number of unbranched alkanes of at least 4 members (excludes halogenated alkanes) is 1. The van der Waals surface area contributed by atoms with Crippen LogP contribution in [-0.4, -0.2) is 29.3 Å². The molecule has 0 aliphatic rings. The van der Waals surface area contributed by atoms with Crippen LogP contribution in [0.25, 0.3) is 0 Å². The fourth-order valence-electron chi connectivity index (χ4n) is 3.92. The van der Waals surface area contributed by atoms with Crippen LogP contribution in [0.2, 0.25) is 0 Å². The van der Waals surface area contributed by atoms with Gasteiger partial charge in [0.15, 0.2) is 0 Å². The zero-order chi connectivity index (χ0) is 24.3. The maximum Gasteiger partial charge on any atom is 0.243 e. The van der Waals surface area contributed by atoms with Gasteiger partial charge in [-0.1, -0.05) is 96.0 Å². The van der Waals surface area contributed by atoms with Crippen molar-refractivity contribution >= 4 is 27.7 Å². The SMILES string of the molecule is CCCCNC(=O)[C@@H](Cc1ccccc1)N(Cc1ccc(Br)cc1)C(=O)Cc1ccccc1C. The molecule has 4 nitrogen and oxygen atoms in total. The van der Waals surface area contributed by atoms with Crippen molar-refractivity contribution in [2.24, 2.45) is 0 Å². The second-order valence-electron chi connectivity index (χ2n) is 8.60. The molecular formula is C29H33BrN2O2. The Morgan fingerprint density at radius 2 is 1.59 bits per heavy atom. The highest BCUT2D eigenvalue weighted by Gasteiger charge is 2.30. The molecule has 0 saturated carbocycles. The van der Waals surface area contributed by atoms with Gasteiger partial charge in [0.1, 0.15) is 6.04 Å². The lowest BCUT2D eigenvalue weighted by atomic mass is 10.00. The highest BCUT2D eigenvalue weighted by atomic mass is 79.9. The lowest BCUT2D eigenvalue weighted by Crippen LogP contribution is -2.51. The Kier molecular flexibility index (Phi) is 9.89. The number of benzene rings is 3. The molecule has 0 aromatic heterocycles. The molecule has 3 aromatic carbocycles. The Balaban J connectivity index is 1.94. The van der Waals surface area contributed by atoms with Crippen LogP contribution in [0.3, 0.4) is 0 Å². The maximum absolute atomic E-state index is 13.7. The van der Waals surface area contributed by atoms with E-state index in [1.54, 1.807) is 4.90 Å². The highest BCUT2D eigenvalue weighted by Crippen LogP contribution is 2.19. The lowest BCUT2D eigenvalue weighted by molar-refractivity contribution is -0.140. The number of carbonyl (C=O) groups is 2. The van der Waals surface area contributed by atoms with Gasteiger partial charge in [0.25, 0.3) is 0 Å². The zero-order valence-electron chi connectivity index (χ0n) is 20.0. The number of hydrogen-bond acceptors (Lipinski definition) is 2. The molecule has 0 aliphatic heterocycles. The molecule has 0 bridgehead atoms. The summed E-state index contributed by atoms with van der Waals surface area (Å²) in [5.74, 6) is -0.156. The van der Waals surface area contributed by atoms with Crippen molar-refractivity contribution in [3.63, 3.8) is 0 Å². The average Bonchev–Trinajstić information content (AvgIpc) is 2.84. The van der Waals surface area contributed by atoms with Gasteiger partial charge in [0.05, 0.1) is 6.42 Å². The Hall–Kier alpha value is -2.92. The van der Waals surface area contributed by atoms with Crippen LogP contribution >= 0.6 is 15.9 Å². The topological polar surface area (TPSA) is 49.4 Å². The molecule has 0 aliphatic carbocycles. The van der Waals surface area contributed by atoms with Crippen molar-refractivity contribution in [3.8, 4) is 0 Å². The van der Waals surface area contributed by atoms with E-state index in [2.05, 4.69) is 28.2 Å². The molecule has 2 amide bonds. The normalized spacial score (nSPS) is 11.6. The number of aryl methyl sites for hydroxylation is 1. The molecule has 0 unspecified atom stereocenters. The van der Waals surface area contributed by atoms with Crippen molar-refractivity contribution in [2.75, 3.05) is 6.54 Å². The van der Waals surface area contributed by atoms with Crippen LogP contribution in [-0.2, 0) is 29.0 Å². The van der Waals surface area contributed by atoms with Crippen LogP contribution in [0.5, 0.6) is 0 Å². The van der Waals surface area contributed by atoms with Gasteiger partial charge in [-0.2, -0.15) is 0 Å². The minimum Gasteiger partial charge on any atom is -0.354 e. The van der Waals surface area contributed by atoms with Crippen molar-refractivity contribution in [3.05, 3.63) is 106 Å². The monoisotopic (exact) mass is 520 g/mol. The van der Waals surface area contributed by atoms with E-state index in [4.69, 9.17) is 0 Å². The quantitative estimate of drug-likeness (QED) is 0.322. The minimum absolute atomic E-state index is 0.0520. The number of amides is 2. The van der Waals surface area contributed by atoms with E-state index in [-0.39, 0.29) is 18.2 Å². The fraction of sp³-hybridized carbons (Fsp3) is 0.310. The van der Waals surface area contributed by atoms with E-state index < -0.39 is 6.04 Å². The first kappa shape index (κ1) is 25.7. The van der Waals surface area contributed by atoms with Gasteiger partial charge in [-0.15, -0.1) is 0 Å². The largest absolute Gasteiger partial charge is 0.354 e. The second-order valence-corrected chi connectivity index (χ2v) is 9.52. The zero-order valence-corrected chi connectivity index (χ0v) is 21.6. The van der Waals surface area contributed by atoms with Gasteiger partial charge in [0, 0.05) is 24.0 Å². The average molecular weight is 521 g/mol. The van der Waals surface area contributed by atoms with Crippen molar-refractivity contribution in [1.82, 2.24) is 10.2 Å². The molecule has 0 fully saturated rings. The molecule has 3 aromatic rings. The van der Waals surface area contributed by atoms with Crippen molar-refractivity contribution in [2.45, 2.75) is 52.1 Å². The molecule has 178 valence electrons. The number of nitrogens with zero attached hydrogens (tertiary/aromatic N) is 1. The molecule has 0 spiro atoms. The van der Waals surface area contributed by atoms with Gasteiger partial charge in [0.2, 0.25) is 11.8 Å². The molecule has 0 radical (unpaired) electrons. The molecule has 0 heterocycles. The van der Waals surface area contributed by atoms with Crippen molar-refractivity contribution in [1.29, 1.82) is 0 Å². The molecule has 0 saturated heterocycles. The summed E-state index contributed by atoms with van der Waals surface area (Å²) in [6, 6.07) is 25.2. The minimum atomic E-state index is -0.598. The van der Waals surface area contributed by atoms with Crippen molar-refractivity contribution < 1.29 is 9.59 Å². The number of nitrogens with one attached hydrogen (secondary N) is 1. The summed E-state index contributed by atoms with van der Waals surface area (Å²) < 4.78 is 0.979. The Bertz CT molecular complexity index is 1070. The highest BCUT2D eigenvalue weighted by molar-refractivity contribution is 9.10. The van der Waals surface area contributed by atoms with Gasteiger partial charge < -0.3 is 10.2 Å². The van der Waals surface area contributed by atoms with Crippen LogP contribution < -0.4 is 5.32 Å². The Morgan fingerprint density at radius 3 is 2.26 bits per heavy atom. The summed E-state index contributed by atoms with van der Waals surface area (Å²) in [7, 11) is 0. The van der Waals surface area contributed by atoms with Crippen LogP contribution in [0.4, 0.5) is 0 Å². The van der Waals surface area contributed by atoms with Crippen LogP contribution in [0.15, 0.2) is 83.3 Å². The number of carbonyl (C=O) groups excluding carboxylic acids is 2. The summed E-state index contributed by atoms with van der Waals surface area (Å²) in [6.07, 6.45) is 2.64. The first-order valence-electron chi connectivity index (χ1n) is 11.9. The van der Waals surface area contributed by atoms with E-state index in [1.807, 2.05) is 85.8 Å². The molecular weight excluding hydrogens is 488 g/mol. The summed E-state index contributed by atoms with van der Waals surface area (Å²) in [4.78, 5) is 28.9. The third kappa shape index (κ3) is 7.56. The van der Waals surface area contributed by atoms with E-state index >= 15 is 0 Å². The van der Waals surface area contributed by atoms with Crippen LogP contribution in [0, 0.1) is 6.92 Å². The maximum atomic E-state index is 13.7. The summed E-state index contributed by atoms with van der Waals surface area (Å²) in [5, 5.41) is 3.07. The third-order valence-corrected chi connectivity index (χ3v) is 6.50. The first-order valence-corrected chi connectivity index (χ1v) is 12.7. The van der Waals surface area contributed by atoms with E-state index in [1.165, 1.54) is 0 Å². The Morgan fingerprint density at radius 1 is 0.912 bits per heavy atom. The molecule has 5 heteroatoms. The Labute approximate surface area is 211 Å². The predicted octanol–water partition coefficient (Wildman–Crippen LogP) is 5.86. The van der Waals surface area contributed by atoms with Gasteiger partial charge in [-0.05, 0) is 47.7 Å². The second kappa shape index (κ2) is 13.1. The fourth-order valence-corrected chi connectivity index (χ4v) is 4.18. The van der Waals surface area contributed by atoms with Gasteiger partial charge in [-0.3, -0.25) is 9.59 Å².